The molecule has 0 aromatic carbocycles. The summed E-state index contributed by atoms with van der Waals surface area (Å²) in [7, 11) is 0. The Morgan fingerprint density at radius 3 is 2.77 bits per heavy atom. The van der Waals surface area contributed by atoms with Crippen LogP contribution in [0.15, 0.2) is 0 Å². The number of piperazine rings is 1. The zero-order valence-corrected chi connectivity index (χ0v) is 7.75. The second kappa shape index (κ2) is 5.90. The van der Waals surface area contributed by atoms with Gasteiger partial charge in [-0.3, -0.25) is 9.69 Å². The van der Waals surface area contributed by atoms with Crippen LogP contribution in [0.4, 0.5) is 0 Å². The molecule has 1 fully saturated rings. The summed E-state index contributed by atoms with van der Waals surface area (Å²) in [5, 5.41) is 14.3. The highest BCUT2D eigenvalue weighted by Crippen LogP contribution is 1.89. The normalized spacial score (nSPS) is 18.5. The molecule has 0 spiro atoms. The average Bonchev–Trinajstić information content (AvgIpc) is 2.19. The van der Waals surface area contributed by atoms with E-state index >= 15 is 0 Å². The van der Waals surface area contributed by atoms with Crippen molar-refractivity contribution in [2.45, 2.75) is 0 Å². The zero-order chi connectivity index (χ0) is 9.52. The van der Waals surface area contributed by atoms with Gasteiger partial charge in [0.05, 0.1) is 0 Å². The molecule has 0 saturated carbocycles. The Labute approximate surface area is 78.1 Å². The fourth-order valence-electron chi connectivity index (χ4n) is 1.34. The lowest BCUT2D eigenvalue weighted by Gasteiger charge is -2.26. The van der Waals surface area contributed by atoms with Crippen molar-refractivity contribution in [3.8, 4) is 0 Å². The van der Waals surface area contributed by atoms with Gasteiger partial charge in [-0.05, 0) is 0 Å². The minimum atomic E-state index is -0.415. The molecule has 1 aliphatic heterocycles. The maximum atomic E-state index is 10.7. The van der Waals surface area contributed by atoms with Crippen molar-refractivity contribution in [3.05, 3.63) is 0 Å². The van der Waals surface area contributed by atoms with Gasteiger partial charge in [0, 0.05) is 39.3 Å². The van der Waals surface area contributed by atoms with Crippen molar-refractivity contribution >= 4 is 5.91 Å². The first kappa shape index (κ1) is 10.4. The largest absolute Gasteiger partial charge is 0.387 e. The van der Waals surface area contributed by atoms with E-state index in [0.29, 0.717) is 6.54 Å². The molecule has 0 aromatic heterocycles. The van der Waals surface area contributed by atoms with Crippen molar-refractivity contribution in [2.24, 2.45) is 0 Å². The van der Waals surface area contributed by atoms with Crippen LogP contribution in [0.1, 0.15) is 0 Å². The third-order valence-corrected chi connectivity index (χ3v) is 2.10. The van der Waals surface area contributed by atoms with Gasteiger partial charge in [0.15, 0.2) is 0 Å². The van der Waals surface area contributed by atoms with E-state index in [1.807, 2.05) is 0 Å². The lowest BCUT2D eigenvalue weighted by molar-refractivity contribution is -0.123. The van der Waals surface area contributed by atoms with E-state index < -0.39 is 6.61 Å². The molecule has 5 nitrogen and oxygen atoms in total. The first-order valence-corrected chi connectivity index (χ1v) is 4.63. The summed E-state index contributed by atoms with van der Waals surface area (Å²) in [6.45, 7) is 5.19. The van der Waals surface area contributed by atoms with E-state index in [9.17, 15) is 4.79 Å². The maximum Gasteiger partial charge on any atom is 0.245 e. The Morgan fingerprint density at radius 1 is 1.46 bits per heavy atom. The highest BCUT2D eigenvalue weighted by atomic mass is 16.3. The van der Waals surface area contributed by atoms with Gasteiger partial charge in [0.1, 0.15) is 6.61 Å². The van der Waals surface area contributed by atoms with Gasteiger partial charge >= 0.3 is 0 Å². The summed E-state index contributed by atoms with van der Waals surface area (Å²) in [6.07, 6.45) is 0. The van der Waals surface area contributed by atoms with Gasteiger partial charge in [-0.2, -0.15) is 0 Å². The molecule has 1 saturated heterocycles. The fraction of sp³-hybridized carbons (Fsp3) is 0.875. The molecule has 5 heteroatoms. The predicted octanol–water partition coefficient (Wildman–Crippen LogP) is -2.00. The number of aliphatic hydroxyl groups excluding tert-OH is 1. The summed E-state index contributed by atoms with van der Waals surface area (Å²) >= 11 is 0. The second-order valence-electron chi connectivity index (χ2n) is 3.10. The van der Waals surface area contributed by atoms with Crippen LogP contribution in [0.5, 0.6) is 0 Å². The van der Waals surface area contributed by atoms with E-state index in [-0.39, 0.29) is 5.91 Å². The molecule has 76 valence electrons. The van der Waals surface area contributed by atoms with E-state index in [0.717, 1.165) is 32.7 Å². The standard InChI is InChI=1S/C8H17N3O2/c12-7-8(13)10-3-6-11-4-1-9-2-5-11/h9,12H,1-7H2,(H,10,13). The van der Waals surface area contributed by atoms with E-state index in [1.165, 1.54) is 0 Å². The third-order valence-electron chi connectivity index (χ3n) is 2.10. The molecule has 0 aliphatic carbocycles. The number of hydrogen-bond donors (Lipinski definition) is 3. The van der Waals surface area contributed by atoms with E-state index in [4.69, 9.17) is 5.11 Å². The van der Waals surface area contributed by atoms with Crippen LogP contribution in [0.2, 0.25) is 0 Å². The Balaban J connectivity index is 2.01. The summed E-state index contributed by atoms with van der Waals surface area (Å²) in [5.41, 5.74) is 0. The maximum absolute atomic E-state index is 10.7. The number of rotatable bonds is 4. The smallest absolute Gasteiger partial charge is 0.245 e. The van der Waals surface area contributed by atoms with E-state index in [1.54, 1.807) is 0 Å². The van der Waals surface area contributed by atoms with Gasteiger partial charge in [0.2, 0.25) is 5.91 Å². The highest BCUT2D eigenvalue weighted by Gasteiger charge is 2.08. The molecule has 0 aromatic rings. The van der Waals surface area contributed by atoms with Crippen molar-refractivity contribution < 1.29 is 9.90 Å². The van der Waals surface area contributed by atoms with Crippen molar-refractivity contribution in [3.63, 3.8) is 0 Å². The lowest BCUT2D eigenvalue weighted by Crippen LogP contribution is -2.46. The number of nitrogens with zero attached hydrogens (tertiary/aromatic N) is 1. The van der Waals surface area contributed by atoms with Crippen molar-refractivity contribution in [2.75, 3.05) is 45.9 Å². The Bertz CT molecular complexity index is 157. The summed E-state index contributed by atoms with van der Waals surface area (Å²) < 4.78 is 0. The number of carbonyl (C=O) groups excluding carboxylic acids is 1. The van der Waals surface area contributed by atoms with Crippen LogP contribution < -0.4 is 10.6 Å². The van der Waals surface area contributed by atoms with Gasteiger partial charge in [-0.15, -0.1) is 0 Å². The third kappa shape index (κ3) is 4.21. The fourth-order valence-corrected chi connectivity index (χ4v) is 1.34. The molecule has 1 amide bonds. The molecular formula is C8H17N3O2. The SMILES string of the molecule is O=C(CO)NCCN1CCNCC1. The molecule has 1 rings (SSSR count). The molecule has 0 atom stereocenters. The predicted molar refractivity (Wildman–Crippen MR) is 49.4 cm³/mol. The molecular weight excluding hydrogens is 170 g/mol. The second-order valence-corrected chi connectivity index (χ2v) is 3.10. The van der Waals surface area contributed by atoms with Crippen LogP contribution in [0.3, 0.4) is 0 Å². The summed E-state index contributed by atoms with van der Waals surface area (Å²) in [6, 6.07) is 0. The molecule has 13 heavy (non-hydrogen) atoms. The topological polar surface area (TPSA) is 64.6 Å². The minimum absolute atomic E-state index is 0.296. The van der Waals surface area contributed by atoms with Crippen molar-refractivity contribution in [1.82, 2.24) is 15.5 Å². The quantitative estimate of drug-likeness (QED) is 0.476. The Kier molecular flexibility index (Phi) is 4.74. The average molecular weight is 187 g/mol. The number of carbonyl (C=O) groups is 1. The molecule has 0 bridgehead atoms. The van der Waals surface area contributed by atoms with Gasteiger partial charge in [-0.1, -0.05) is 0 Å². The van der Waals surface area contributed by atoms with E-state index in [2.05, 4.69) is 15.5 Å². The first-order chi connectivity index (χ1) is 6.33. The Hall–Kier alpha value is -0.650. The summed E-state index contributed by atoms with van der Waals surface area (Å²) in [4.78, 5) is 12.9. The minimum Gasteiger partial charge on any atom is -0.387 e. The van der Waals surface area contributed by atoms with Gasteiger partial charge in [0.25, 0.3) is 0 Å². The Morgan fingerprint density at radius 2 is 2.15 bits per heavy atom. The molecule has 3 N–H and O–H groups in total. The van der Waals surface area contributed by atoms with Crippen LogP contribution in [0, 0.1) is 0 Å². The molecule has 0 radical (unpaired) electrons. The molecule has 1 heterocycles. The van der Waals surface area contributed by atoms with Crippen LogP contribution in [-0.4, -0.2) is 61.8 Å². The van der Waals surface area contributed by atoms with Gasteiger partial charge in [-0.25, -0.2) is 0 Å². The number of hydrogen-bond acceptors (Lipinski definition) is 4. The molecule has 1 aliphatic rings. The first-order valence-electron chi connectivity index (χ1n) is 4.63. The number of aliphatic hydroxyl groups is 1. The highest BCUT2D eigenvalue weighted by molar-refractivity contribution is 5.76. The zero-order valence-electron chi connectivity index (χ0n) is 7.75. The number of nitrogens with one attached hydrogen (secondary N) is 2. The monoisotopic (exact) mass is 187 g/mol. The summed E-state index contributed by atoms with van der Waals surface area (Å²) in [5.74, 6) is -0.296. The van der Waals surface area contributed by atoms with Crippen LogP contribution in [-0.2, 0) is 4.79 Å². The van der Waals surface area contributed by atoms with Crippen LogP contribution in [0.25, 0.3) is 0 Å². The van der Waals surface area contributed by atoms with Crippen molar-refractivity contribution in [1.29, 1.82) is 0 Å². The van der Waals surface area contributed by atoms with Crippen LogP contribution >= 0.6 is 0 Å². The lowest BCUT2D eigenvalue weighted by atomic mass is 10.3. The van der Waals surface area contributed by atoms with Gasteiger partial charge < -0.3 is 15.7 Å². The number of amides is 1. The molecule has 0 unspecified atom stereocenters.